The van der Waals surface area contributed by atoms with Crippen LogP contribution in [-0.2, 0) is 26.1 Å². The Bertz CT molecular complexity index is 1300. The van der Waals surface area contributed by atoms with Crippen molar-refractivity contribution in [2.24, 2.45) is 0 Å². The molecule has 11 heteroatoms. The number of rotatable bonds is 5. The van der Waals surface area contributed by atoms with Crippen molar-refractivity contribution in [2.45, 2.75) is 32.7 Å². The molecule has 0 atom stereocenters. The second kappa shape index (κ2) is 9.47. The molecule has 2 aliphatic rings. The van der Waals surface area contributed by atoms with Crippen LogP contribution in [0.1, 0.15) is 37.7 Å². The molecule has 2 aromatic carbocycles. The number of benzene rings is 2. The van der Waals surface area contributed by atoms with Crippen molar-refractivity contribution in [2.75, 3.05) is 13.1 Å². The van der Waals surface area contributed by atoms with Crippen LogP contribution in [0.25, 0.3) is 0 Å². The van der Waals surface area contributed by atoms with Crippen LogP contribution in [-0.4, -0.2) is 51.1 Å². The largest absolute Gasteiger partial charge is 0.435 e. The molecule has 7 nitrogen and oxygen atoms in total. The van der Waals surface area contributed by atoms with E-state index >= 15 is 0 Å². The predicted molar refractivity (Wildman–Crippen MR) is 125 cm³/mol. The van der Waals surface area contributed by atoms with Gasteiger partial charge in [-0.25, -0.2) is 0 Å². The highest BCUT2D eigenvalue weighted by atomic mass is 35.5. The second-order valence-corrected chi connectivity index (χ2v) is 9.17. The lowest BCUT2D eigenvalue weighted by Crippen LogP contribution is -2.41. The van der Waals surface area contributed by atoms with Crippen LogP contribution < -0.4 is 4.74 Å². The summed E-state index contributed by atoms with van der Waals surface area (Å²) < 4.78 is 30.9. The fourth-order valence-corrected chi connectivity index (χ4v) is 4.73. The summed E-state index contributed by atoms with van der Waals surface area (Å²) in [6, 6.07) is 11.0. The fraction of sp³-hybridized carbons (Fsp3) is 0.292. The second-order valence-electron chi connectivity index (χ2n) is 8.35. The summed E-state index contributed by atoms with van der Waals surface area (Å²) in [7, 11) is 0. The lowest BCUT2D eigenvalue weighted by molar-refractivity contribution is -0.0498. The molecular formula is C24H20Cl2F2N4O3. The number of aromatic nitrogens is 2. The number of amides is 2. The summed E-state index contributed by atoms with van der Waals surface area (Å²) in [5.41, 5.74) is 3.27. The number of hydrogen-bond acceptors (Lipinski definition) is 4. The lowest BCUT2D eigenvalue weighted by Gasteiger charge is -2.30. The molecule has 3 aromatic rings. The summed E-state index contributed by atoms with van der Waals surface area (Å²) >= 11 is 12.1. The van der Waals surface area contributed by atoms with E-state index < -0.39 is 6.61 Å². The molecule has 0 unspecified atom stereocenters. The zero-order chi connectivity index (χ0) is 24.7. The predicted octanol–water partition coefficient (Wildman–Crippen LogP) is 4.65. The topological polar surface area (TPSA) is 67.7 Å². The molecular weight excluding hydrogens is 501 g/mol. The van der Waals surface area contributed by atoms with Crippen molar-refractivity contribution in [3.63, 3.8) is 0 Å². The molecule has 5 rings (SSSR count). The van der Waals surface area contributed by atoms with Gasteiger partial charge in [-0.3, -0.25) is 14.3 Å². The summed E-state index contributed by atoms with van der Waals surface area (Å²) in [4.78, 5) is 29.9. The number of ether oxygens (including phenoxy) is 1. The minimum atomic E-state index is -2.89. The van der Waals surface area contributed by atoms with Crippen LogP contribution in [0.4, 0.5) is 8.78 Å². The molecule has 35 heavy (non-hydrogen) atoms. The molecule has 0 saturated heterocycles. The van der Waals surface area contributed by atoms with Crippen molar-refractivity contribution < 1.29 is 23.1 Å². The van der Waals surface area contributed by atoms with Crippen LogP contribution in [0.3, 0.4) is 0 Å². The van der Waals surface area contributed by atoms with Gasteiger partial charge in [0.15, 0.2) is 0 Å². The highest BCUT2D eigenvalue weighted by Gasteiger charge is 2.35. The average molecular weight is 521 g/mol. The molecule has 0 spiro atoms. The summed E-state index contributed by atoms with van der Waals surface area (Å²) in [6.07, 6.45) is 0.543. The van der Waals surface area contributed by atoms with Crippen LogP contribution in [0.5, 0.6) is 5.75 Å². The molecule has 0 aliphatic carbocycles. The first kappa shape index (κ1) is 23.6. The third-order valence-electron chi connectivity index (χ3n) is 6.15. The van der Waals surface area contributed by atoms with E-state index in [1.54, 1.807) is 44.8 Å². The maximum atomic E-state index is 13.4. The van der Waals surface area contributed by atoms with Crippen molar-refractivity contribution in [1.29, 1.82) is 0 Å². The number of nitrogens with zero attached hydrogens (tertiary/aromatic N) is 4. The molecule has 3 heterocycles. The smallest absolute Gasteiger partial charge is 0.387 e. The number of fused-ring (bicyclic) bond motifs is 3. The van der Waals surface area contributed by atoms with Crippen molar-refractivity contribution in [1.82, 2.24) is 19.6 Å². The van der Waals surface area contributed by atoms with Gasteiger partial charge in [-0.05, 0) is 35.9 Å². The molecule has 0 saturated carbocycles. The molecule has 0 fully saturated rings. The Labute approximate surface area is 209 Å². The van der Waals surface area contributed by atoms with Gasteiger partial charge in [0, 0.05) is 37.2 Å². The Morgan fingerprint density at radius 1 is 1.06 bits per heavy atom. The van der Waals surface area contributed by atoms with Crippen molar-refractivity contribution in [3.05, 3.63) is 80.6 Å². The Kier molecular flexibility index (Phi) is 6.37. The quantitative estimate of drug-likeness (QED) is 0.491. The fourth-order valence-electron chi connectivity index (χ4n) is 4.43. The lowest BCUT2D eigenvalue weighted by atomic mass is 10.0. The van der Waals surface area contributed by atoms with Gasteiger partial charge in [-0.2, -0.15) is 13.9 Å². The Balaban J connectivity index is 1.33. The van der Waals surface area contributed by atoms with E-state index in [2.05, 4.69) is 9.84 Å². The Morgan fingerprint density at radius 3 is 2.54 bits per heavy atom. The molecule has 0 radical (unpaired) electrons. The van der Waals surface area contributed by atoms with Gasteiger partial charge in [0.2, 0.25) is 0 Å². The highest BCUT2D eigenvalue weighted by molar-refractivity contribution is 6.42. The molecule has 182 valence electrons. The zero-order valence-corrected chi connectivity index (χ0v) is 19.9. The first-order valence-electron chi connectivity index (χ1n) is 11.0. The minimum absolute atomic E-state index is 0.0626. The van der Waals surface area contributed by atoms with Gasteiger partial charge in [0.25, 0.3) is 11.8 Å². The van der Waals surface area contributed by atoms with Gasteiger partial charge in [0.05, 0.1) is 28.8 Å². The van der Waals surface area contributed by atoms with Gasteiger partial charge < -0.3 is 14.5 Å². The van der Waals surface area contributed by atoms with Gasteiger partial charge >= 0.3 is 6.61 Å². The number of hydrogen-bond donors (Lipinski definition) is 0. The molecule has 2 amide bonds. The van der Waals surface area contributed by atoms with Gasteiger partial charge in [-0.15, -0.1) is 0 Å². The van der Waals surface area contributed by atoms with E-state index in [1.165, 1.54) is 12.1 Å². The maximum absolute atomic E-state index is 13.4. The van der Waals surface area contributed by atoms with E-state index in [0.29, 0.717) is 53.9 Å². The third-order valence-corrected chi connectivity index (χ3v) is 6.89. The summed E-state index contributed by atoms with van der Waals surface area (Å²) in [5, 5.41) is 5.30. The number of carbonyl (C=O) groups excluding carboxylic acids is 2. The Hall–Kier alpha value is -3.17. The van der Waals surface area contributed by atoms with Crippen LogP contribution in [0.15, 0.2) is 42.5 Å². The highest BCUT2D eigenvalue weighted by Crippen LogP contribution is 2.29. The standard InChI is InChI=1S/C24H20Cl2F2N4O3/c25-18-6-3-15(11-19(18)26)22(33)30-8-7-20-17(13-30)21-23(34)31(9-10-32(21)29-20)12-14-1-4-16(5-2-14)35-24(27)28/h1-6,11,24H,7-10,12-13H2. The molecule has 0 bridgehead atoms. The van der Waals surface area contributed by atoms with Gasteiger partial charge in [-0.1, -0.05) is 35.3 Å². The zero-order valence-electron chi connectivity index (χ0n) is 18.4. The van der Waals surface area contributed by atoms with Crippen LogP contribution in [0, 0.1) is 0 Å². The van der Waals surface area contributed by atoms with Gasteiger partial charge in [0.1, 0.15) is 11.4 Å². The van der Waals surface area contributed by atoms with Crippen molar-refractivity contribution >= 4 is 35.0 Å². The molecule has 1 aromatic heterocycles. The minimum Gasteiger partial charge on any atom is -0.435 e. The van der Waals surface area contributed by atoms with E-state index in [0.717, 1.165) is 16.8 Å². The summed E-state index contributed by atoms with van der Waals surface area (Å²) in [6.45, 7) is -0.829. The van der Waals surface area contributed by atoms with E-state index in [1.807, 2.05) is 0 Å². The van der Waals surface area contributed by atoms with Crippen LogP contribution >= 0.6 is 23.2 Å². The Morgan fingerprint density at radius 2 is 1.83 bits per heavy atom. The number of alkyl halides is 2. The van der Waals surface area contributed by atoms with E-state index in [9.17, 15) is 18.4 Å². The number of carbonyl (C=O) groups is 2. The third kappa shape index (κ3) is 4.70. The first-order valence-corrected chi connectivity index (χ1v) is 11.7. The van der Waals surface area contributed by atoms with E-state index in [4.69, 9.17) is 23.2 Å². The maximum Gasteiger partial charge on any atom is 0.387 e. The molecule has 0 N–H and O–H groups in total. The van der Waals surface area contributed by atoms with Crippen LogP contribution in [0.2, 0.25) is 10.0 Å². The normalized spacial score (nSPS) is 15.3. The summed E-state index contributed by atoms with van der Waals surface area (Å²) in [5.74, 6) is -0.310. The SMILES string of the molecule is O=C(c1ccc(Cl)c(Cl)c1)N1CCc2nn3c(c2C1)C(=O)N(Cc1ccc(OC(F)F)cc1)CC3. The first-order chi connectivity index (χ1) is 16.8. The van der Waals surface area contributed by atoms with E-state index in [-0.39, 0.29) is 24.1 Å². The van der Waals surface area contributed by atoms with Crippen molar-refractivity contribution in [3.8, 4) is 5.75 Å². The molecule has 2 aliphatic heterocycles. The monoisotopic (exact) mass is 520 g/mol. The average Bonchev–Trinajstić information content (AvgIpc) is 3.21. The number of halogens is 4.